The van der Waals surface area contributed by atoms with Gasteiger partial charge in [-0.25, -0.2) is 4.39 Å². The van der Waals surface area contributed by atoms with Crippen molar-refractivity contribution in [2.75, 3.05) is 13.2 Å². The number of benzene rings is 2. The van der Waals surface area contributed by atoms with Crippen LogP contribution in [-0.4, -0.2) is 25.7 Å². The minimum absolute atomic E-state index is 0.0779. The largest absolute Gasteiger partial charge is 0.484 e. The van der Waals surface area contributed by atoms with Crippen LogP contribution >= 0.6 is 11.6 Å². The van der Waals surface area contributed by atoms with Gasteiger partial charge in [-0.05, 0) is 36.2 Å². The second kappa shape index (κ2) is 9.17. The predicted molar refractivity (Wildman–Crippen MR) is 86.7 cm³/mol. The van der Waals surface area contributed by atoms with Gasteiger partial charge < -0.3 is 14.8 Å². The Kier molecular flexibility index (Phi) is 6.94. The molecular formula is C17H15ClF3NO3. The van der Waals surface area contributed by atoms with Crippen LogP contribution in [0.2, 0.25) is 5.02 Å². The molecular weight excluding hydrogens is 359 g/mol. The van der Waals surface area contributed by atoms with Crippen LogP contribution in [0.3, 0.4) is 0 Å². The van der Waals surface area contributed by atoms with E-state index >= 15 is 0 Å². The number of hydrogen-bond donors (Lipinski definition) is 1. The summed E-state index contributed by atoms with van der Waals surface area (Å²) in [6.45, 7) is -2.74. The van der Waals surface area contributed by atoms with Crippen LogP contribution in [0.1, 0.15) is 5.56 Å². The van der Waals surface area contributed by atoms with Crippen molar-refractivity contribution in [2.45, 2.75) is 13.0 Å². The van der Waals surface area contributed by atoms with Crippen LogP contribution in [-0.2, 0) is 11.2 Å². The third-order valence-electron chi connectivity index (χ3n) is 3.15. The number of ether oxygens (including phenoxy) is 2. The number of amides is 1. The van der Waals surface area contributed by atoms with E-state index in [2.05, 4.69) is 10.1 Å². The highest BCUT2D eigenvalue weighted by Crippen LogP contribution is 2.21. The summed E-state index contributed by atoms with van der Waals surface area (Å²) in [6, 6.07) is 9.96. The second-order valence-corrected chi connectivity index (χ2v) is 5.39. The summed E-state index contributed by atoms with van der Waals surface area (Å²) >= 11 is 5.61. The number of hydrogen-bond acceptors (Lipinski definition) is 3. The van der Waals surface area contributed by atoms with Crippen LogP contribution < -0.4 is 14.8 Å². The highest BCUT2D eigenvalue weighted by atomic mass is 35.5. The molecule has 2 rings (SSSR count). The summed E-state index contributed by atoms with van der Waals surface area (Å²) < 4.78 is 46.5. The zero-order chi connectivity index (χ0) is 18.2. The molecule has 0 bridgehead atoms. The van der Waals surface area contributed by atoms with Crippen LogP contribution in [0.15, 0.2) is 42.5 Å². The van der Waals surface area contributed by atoms with Crippen molar-refractivity contribution < 1.29 is 27.4 Å². The highest BCUT2D eigenvalue weighted by Gasteiger charge is 2.06. The first-order chi connectivity index (χ1) is 11.9. The van der Waals surface area contributed by atoms with E-state index in [-0.39, 0.29) is 29.0 Å². The molecule has 25 heavy (non-hydrogen) atoms. The first kappa shape index (κ1) is 18.9. The fourth-order valence-electron chi connectivity index (χ4n) is 1.95. The van der Waals surface area contributed by atoms with E-state index in [0.29, 0.717) is 13.0 Å². The molecule has 0 radical (unpaired) electrons. The van der Waals surface area contributed by atoms with Gasteiger partial charge in [-0.2, -0.15) is 8.78 Å². The minimum atomic E-state index is -2.86. The summed E-state index contributed by atoms with van der Waals surface area (Å²) in [4.78, 5) is 11.7. The highest BCUT2D eigenvalue weighted by molar-refractivity contribution is 6.30. The molecule has 1 amide bonds. The van der Waals surface area contributed by atoms with Crippen molar-refractivity contribution in [3.63, 3.8) is 0 Å². The Morgan fingerprint density at radius 1 is 1.12 bits per heavy atom. The Morgan fingerprint density at radius 2 is 1.80 bits per heavy atom. The number of carbonyl (C=O) groups excluding carboxylic acids is 1. The van der Waals surface area contributed by atoms with Crippen LogP contribution in [0.25, 0.3) is 0 Å². The van der Waals surface area contributed by atoms with Gasteiger partial charge in [-0.3, -0.25) is 4.79 Å². The Morgan fingerprint density at radius 3 is 2.44 bits per heavy atom. The third-order valence-corrected chi connectivity index (χ3v) is 3.44. The van der Waals surface area contributed by atoms with Crippen molar-refractivity contribution in [1.82, 2.24) is 5.32 Å². The Hall–Kier alpha value is -2.41. The first-order valence-electron chi connectivity index (χ1n) is 7.32. The lowest BCUT2D eigenvalue weighted by Crippen LogP contribution is -2.30. The topological polar surface area (TPSA) is 47.6 Å². The molecule has 134 valence electrons. The standard InChI is InChI=1S/C17H15ClF3NO3/c18-14-9-13(5-6-15(14)19)24-10-16(23)22-8-7-11-1-3-12(4-2-11)25-17(20)21/h1-6,9,17H,7-8,10H2,(H,22,23). The van der Waals surface area contributed by atoms with Gasteiger partial charge in [-0.1, -0.05) is 23.7 Å². The van der Waals surface area contributed by atoms with Gasteiger partial charge in [-0.15, -0.1) is 0 Å². The molecule has 0 heterocycles. The molecule has 4 nitrogen and oxygen atoms in total. The maximum atomic E-state index is 13.0. The lowest BCUT2D eigenvalue weighted by molar-refractivity contribution is -0.123. The van der Waals surface area contributed by atoms with Gasteiger partial charge in [0.1, 0.15) is 17.3 Å². The molecule has 0 atom stereocenters. The maximum Gasteiger partial charge on any atom is 0.387 e. The molecule has 0 saturated heterocycles. The van der Waals surface area contributed by atoms with Gasteiger partial charge in [0.05, 0.1) is 5.02 Å². The zero-order valence-electron chi connectivity index (χ0n) is 13.0. The molecule has 0 unspecified atom stereocenters. The van der Waals surface area contributed by atoms with E-state index in [1.165, 1.54) is 24.3 Å². The molecule has 0 aliphatic heterocycles. The van der Waals surface area contributed by atoms with Gasteiger partial charge >= 0.3 is 6.61 Å². The monoisotopic (exact) mass is 373 g/mol. The lowest BCUT2D eigenvalue weighted by atomic mass is 10.1. The van der Waals surface area contributed by atoms with E-state index in [9.17, 15) is 18.0 Å². The average molecular weight is 374 g/mol. The van der Waals surface area contributed by atoms with Crippen LogP contribution in [0.5, 0.6) is 11.5 Å². The molecule has 2 aromatic rings. The summed E-state index contributed by atoms with van der Waals surface area (Å²) in [7, 11) is 0. The van der Waals surface area contributed by atoms with E-state index < -0.39 is 12.4 Å². The van der Waals surface area contributed by atoms with E-state index in [4.69, 9.17) is 16.3 Å². The summed E-state index contributed by atoms with van der Waals surface area (Å²) in [5.74, 6) is -0.549. The normalized spacial score (nSPS) is 10.6. The minimum Gasteiger partial charge on any atom is -0.484 e. The quantitative estimate of drug-likeness (QED) is 0.765. The lowest BCUT2D eigenvalue weighted by Gasteiger charge is -2.09. The molecule has 0 spiro atoms. The number of carbonyl (C=O) groups is 1. The third kappa shape index (κ3) is 6.54. The van der Waals surface area contributed by atoms with E-state index in [1.54, 1.807) is 12.1 Å². The molecule has 0 aliphatic rings. The van der Waals surface area contributed by atoms with Gasteiger partial charge in [0.25, 0.3) is 5.91 Å². The Bertz CT molecular complexity index is 711. The molecule has 8 heteroatoms. The summed E-state index contributed by atoms with van der Waals surface area (Å²) in [5, 5.41) is 2.57. The molecule has 0 aliphatic carbocycles. The summed E-state index contributed by atoms with van der Waals surface area (Å²) in [5.41, 5.74) is 0.855. The number of nitrogens with one attached hydrogen (secondary N) is 1. The molecule has 2 aromatic carbocycles. The van der Waals surface area contributed by atoms with Gasteiger partial charge in [0, 0.05) is 12.6 Å². The van der Waals surface area contributed by atoms with Crippen molar-refractivity contribution >= 4 is 17.5 Å². The number of rotatable bonds is 8. The molecule has 0 aromatic heterocycles. The maximum absolute atomic E-state index is 13.0. The summed E-state index contributed by atoms with van der Waals surface area (Å²) in [6.07, 6.45) is 0.517. The number of halogens is 4. The van der Waals surface area contributed by atoms with Crippen molar-refractivity contribution in [1.29, 1.82) is 0 Å². The second-order valence-electron chi connectivity index (χ2n) is 4.99. The van der Waals surface area contributed by atoms with Crippen LogP contribution in [0.4, 0.5) is 13.2 Å². The van der Waals surface area contributed by atoms with Crippen molar-refractivity contribution in [3.05, 3.63) is 58.9 Å². The molecule has 1 N–H and O–H groups in total. The van der Waals surface area contributed by atoms with Gasteiger partial charge in [0.15, 0.2) is 6.61 Å². The smallest absolute Gasteiger partial charge is 0.387 e. The molecule has 0 fully saturated rings. The average Bonchev–Trinajstić information content (AvgIpc) is 2.57. The SMILES string of the molecule is O=C(COc1ccc(F)c(Cl)c1)NCCc1ccc(OC(F)F)cc1. The Balaban J connectivity index is 1.70. The van der Waals surface area contributed by atoms with E-state index in [1.807, 2.05) is 0 Å². The van der Waals surface area contributed by atoms with Gasteiger partial charge in [0.2, 0.25) is 0 Å². The van der Waals surface area contributed by atoms with Crippen LogP contribution in [0, 0.1) is 5.82 Å². The van der Waals surface area contributed by atoms with Crippen molar-refractivity contribution in [3.8, 4) is 11.5 Å². The fourth-order valence-corrected chi connectivity index (χ4v) is 2.12. The van der Waals surface area contributed by atoms with E-state index in [0.717, 1.165) is 11.6 Å². The molecule has 0 saturated carbocycles. The fraction of sp³-hybridized carbons (Fsp3) is 0.235. The number of alkyl halides is 2. The first-order valence-corrected chi connectivity index (χ1v) is 7.70. The predicted octanol–water partition coefficient (Wildman–Crippen LogP) is 3.82. The zero-order valence-corrected chi connectivity index (χ0v) is 13.7. The van der Waals surface area contributed by atoms with Crippen molar-refractivity contribution in [2.24, 2.45) is 0 Å². The Labute approximate surface area is 147 Å².